The van der Waals surface area contributed by atoms with Crippen molar-refractivity contribution in [1.82, 2.24) is 0 Å². The van der Waals surface area contributed by atoms with Gasteiger partial charge in [-0.2, -0.15) is 0 Å². The number of alkyl halides is 4. The summed E-state index contributed by atoms with van der Waals surface area (Å²) in [5.74, 6) is 0. The van der Waals surface area contributed by atoms with Crippen molar-refractivity contribution in [3.63, 3.8) is 0 Å². The van der Waals surface area contributed by atoms with E-state index in [-0.39, 0.29) is 27.4 Å². The number of hydrogen-bond donors (Lipinski definition) is 0. The van der Waals surface area contributed by atoms with Gasteiger partial charge < -0.3 is 27.4 Å². The molecule has 0 saturated carbocycles. The van der Waals surface area contributed by atoms with Crippen LogP contribution < -0.4 is 0 Å². The lowest BCUT2D eigenvalue weighted by atomic mass is 11.8. The minimum absolute atomic E-state index is 0. The molecular formula is CH10Cl4O5. The van der Waals surface area contributed by atoms with Crippen molar-refractivity contribution in [1.29, 1.82) is 0 Å². The van der Waals surface area contributed by atoms with E-state index >= 15 is 0 Å². The average molecular weight is 244 g/mol. The molecule has 0 radical (unpaired) electrons. The lowest BCUT2D eigenvalue weighted by Gasteiger charge is -1.91. The van der Waals surface area contributed by atoms with Crippen molar-refractivity contribution in [3.8, 4) is 0 Å². The van der Waals surface area contributed by atoms with Crippen molar-refractivity contribution in [2.24, 2.45) is 0 Å². The van der Waals surface area contributed by atoms with Crippen LogP contribution in [-0.2, 0) is 0 Å². The first-order valence-corrected chi connectivity index (χ1v) is 2.27. The molecule has 0 rings (SSSR count). The van der Waals surface area contributed by atoms with Crippen LogP contribution in [0.2, 0.25) is 0 Å². The Morgan fingerprint density at radius 1 is 0.500 bits per heavy atom. The van der Waals surface area contributed by atoms with Crippen LogP contribution in [0.5, 0.6) is 0 Å². The maximum Gasteiger partial charge on any atom is 0.266 e. The maximum absolute atomic E-state index is 4.83. The van der Waals surface area contributed by atoms with Gasteiger partial charge in [0.15, 0.2) is 0 Å². The standard InChI is InChI=1S/CCl4.5H2O/c2-1(3,4)5;;;;;/h;5*1H2. The number of hydrogen-bond acceptors (Lipinski definition) is 0. The predicted octanol–water partition coefficient (Wildman–Crippen LogP) is -1.57. The molecule has 0 aromatic carbocycles. The van der Waals surface area contributed by atoms with Gasteiger partial charge in [0.1, 0.15) is 0 Å². The Hall–Kier alpha value is 0.960. The third kappa shape index (κ3) is 616. The third-order valence-corrected chi connectivity index (χ3v) is 0. The molecule has 0 unspecified atom stereocenters. The van der Waals surface area contributed by atoms with Crippen LogP contribution in [0.3, 0.4) is 0 Å². The fraction of sp³-hybridized carbons (Fsp3) is 1.00. The van der Waals surface area contributed by atoms with E-state index in [9.17, 15) is 0 Å². The molecule has 0 heterocycles. The fourth-order valence-corrected chi connectivity index (χ4v) is 0. The Bertz CT molecular complexity index is 29.1. The van der Waals surface area contributed by atoms with Crippen LogP contribution in [0.4, 0.5) is 0 Å². The van der Waals surface area contributed by atoms with Gasteiger partial charge in [-0.05, 0) is 0 Å². The third-order valence-electron chi connectivity index (χ3n) is 0. The largest absolute Gasteiger partial charge is 0.412 e. The molecule has 0 aromatic rings. The van der Waals surface area contributed by atoms with Crippen molar-refractivity contribution in [2.75, 3.05) is 0 Å². The molecule has 5 nitrogen and oxygen atoms in total. The predicted molar refractivity (Wildman–Crippen MR) is 44.2 cm³/mol. The maximum atomic E-state index is 4.83. The highest BCUT2D eigenvalue weighted by Crippen LogP contribution is 2.29. The van der Waals surface area contributed by atoms with Crippen molar-refractivity contribution in [3.05, 3.63) is 0 Å². The number of halogens is 4. The molecule has 10 heavy (non-hydrogen) atoms. The zero-order valence-corrected chi connectivity index (χ0v) is 7.54. The van der Waals surface area contributed by atoms with Crippen LogP contribution >= 0.6 is 46.4 Å². The Morgan fingerprint density at radius 3 is 0.500 bits per heavy atom. The van der Waals surface area contributed by atoms with Crippen molar-refractivity contribution >= 4 is 46.4 Å². The molecule has 0 amide bonds. The molecule has 0 fully saturated rings. The summed E-state index contributed by atoms with van der Waals surface area (Å²) in [6.45, 7) is 0. The Labute approximate surface area is 77.4 Å². The molecule has 9 heteroatoms. The highest BCUT2D eigenvalue weighted by Gasteiger charge is 2.11. The molecule has 0 aliphatic carbocycles. The summed E-state index contributed by atoms with van der Waals surface area (Å²) in [4.78, 5) is 0. The second kappa shape index (κ2) is 16.5. The molecule has 10 N–H and O–H groups in total. The second-order valence-electron chi connectivity index (χ2n) is 0.429. The molecule has 0 bridgehead atoms. The van der Waals surface area contributed by atoms with Crippen molar-refractivity contribution < 1.29 is 27.4 Å². The summed E-state index contributed by atoms with van der Waals surface area (Å²) in [5.41, 5.74) is 0. The normalized spacial score (nSPS) is 6.00. The molecule has 0 atom stereocenters. The lowest BCUT2D eigenvalue weighted by molar-refractivity contribution is 0.823. The van der Waals surface area contributed by atoms with Crippen LogP contribution in [0.15, 0.2) is 0 Å². The zero-order chi connectivity index (χ0) is 4.50. The van der Waals surface area contributed by atoms with E-state index in [1.807, 2.05) is 0 Å². The van der Waals surface area contributed by atoms with Gasteiger partial charge in [0.25, 0.3) is 3.25 Å². The van der Waals surface area contributed by atoms with E-state index in [0.717, 1.165) is 0 Å². The van der Waals surface area contributed by atoms with Crippen molar-refractivity contribution in [2.45, 2.75) is 3.25 Å². The molecule has 0 aromatic heterocycles. The van der Waals surface area contributed by atoms with Gasteiger partial charge in [-0.15, -0.1) is 0 Å². The van der Waals surface area contributed by atoms with E-state index < -0.39 is 3.25 Å². The minimum Gasteiger partial charge on any atom is -0.412 e. The fourth-order valence-electron chi connectivity index (χ4n) is 0. The smallest absolute Gasteiger partial charge is 0.266 e. The van der Waals surface area contributed by atoms with Crippen LogP contribution in [-0.4, -0.2) is 30.6 Å². The second-order valence-corrected chi connectivity index (χ2v) is 3.86. The average Bonchev–Trinajstić information content (AvgIpc) is 0.722. The highest BCUT2D eigenvalue weighted by molar-refractivity contribution is 6.83. The van der Waals surface area contributed by atoms with Gasteiger partial charge in [-0.3, -0.25) is 0 Å². The molecule has 0 aliphatic rings. The van der Waals surface area contributed by atoms with E-state index in [1.165, 1.54) is 0 Å². The SMILES string of the molecule is ClC(Cl)(Cl)Cl.O.O.O.O.O. The van der Waals surface area contributed by atoms with Gasteiger partial charge in [0.2, 0.25) is 0 Å². The molecule has 72 valence electrons. The van der Waals surface area contributed by atoms with Gasteiger partial charge in [0, 0.05) is 0 Å². The van der Waals surface area contributed by atoms with E-state index in [2.05, 4.69) is 0 Å². The van der Waals surface area contributed by atoms with Crippen LogP contribution in [0.25, 0.3) is 0 Å². The van der Waals surface area contributed by atoms with Crippen LogP contribution in [0.1, 0.15) is 0 Å². The molecule has 0 saturated heterocycles. The van der Waals surface area contributed by atoms with E-state index in [4.69, 9.17) is 46.4 Å². The topological polar surface area (TPSA) is 158 Å². The van der Waals surface area contributed by atoms with Crippen LogP contribution in [0, 0.1) is 0 Å². The van der Waals surface area contributed by atoms with Gasteiger partial charge in [-0.25, -0.2) is 0 Å². The molecule has 0 aliphatic heterocycles. The zero-order valence-electron chi connectivity index (χ0n) is 4.51. The summed E-state index contributed by atoms with van der Waals surface area (Å²) >= 11 is 19.3. The summed E-state index contributed by atoms with van der Waals surface area (Å²) in [6.07, 6.45) is 0. The quantitative estimate of drug-likeness (QED) is 0.451. The van der Waals surface area contributed by atoms with Gasteiger partial charge in [-0.1, -0.05) is 46.4 Å². The monoisotopic (exact) mass is 242 g/mol. The Balaban J connectivity index is -0.00000000800. The lowest BCUT2D eigenvalue weighted by Crippen LogP contribution is -1.81. The van der Waals surface area contributed by atoms with Gasteiger partial charge >= 0.3 is 0 Å². The Kier molecular flexibility index (Phi) is 72.9. The molecular weight excluding hydrogens is 234 g/mol. The minimum atomic E-state index is -1.61. The highest BCUT2D eigenvalue weighted by atomic mass is 35.6. The Morgan fingerprint density at radius 2 is 0.500 bits per heavy atom. The van der Waals surface area contributed by atoms with E-state index in [0.29, 0.717) is 0 Å². The van der Waals surface area contributed by atoms with E-state index in [1.54, 1.807) is 0 Å². The first-order valence-electron chi connectivity index (χ1n) is 0.756. The number of rotatable bonds is 0. The first-order chi connectivity index (χ1) is 2.00. The van der Waals surface area contributed by atoms with Gasteiger partial charge in [0.05, 0.1) is 0 Å². The first kappa shape index (κ1) is 44.2. The molecule has 0 spiro atoms. The summed E-state index contributed by atoms with van der Waals surface area (Å²) in [5, 5.41) is 0. The summed E-state index contributed by atoms with van der Waals surface area (Å²) in [6, 6.07) is 0. The summed E-state index contributed by atoms with van der Waals surface area (Å²) < 4.78 is -1.61. The summed E-state index contributed by atoms with van der Waals surface area (Å²) in [7, 11) is 0.